The Balaban J connectivity index is 0.000000238. The average Bonchev–Trinajstić information content (AvgIpc) is 3.66. The van der Waals surface area contributed by atoms with E-state index in [1.165, 1.54) is 61.5 Å². The Bertz CT molecular complexity index is 2060. The predicted molar refractivity (Wildman–Crippen MR) is 213 cm³/mol. The number of anilines is 1. The first-order valence-corrected chi connectivity index (χ1v) is 17.8. The Morgan fingerprint density at radius 1 is 0.500 bits per heavy atom. The van der Waals surface area contributed by atoms with E-state index < -0.39 is 0 Å². The van der Waals surface area contributed by atoms with Crippen molar-refractivity contribution in [2.75, 3.05) is 19.0 Å². The standard InChI is InChI=1S/C31H38N2.C14H13N2.Au/c1-20(2)24-13-11-14-25(21(3)4)30(24)32-19-33(29-18-10-9-17-28(29)32)31-26(22(5)6)15-12-16-27(31)23(7)8;1-16(2)10-7-8-14-12(9-10)11-5-3-4-6-13(11)15-14;/h9-18,20-23H,1-8H3;3-9H,1-2H3;/q+2;-1;+1. The first-order chi connectivity index (χ1) is 23.5. The van der Waals surface area contributed by atoms with E-state index in [0.717, 1.165) is 11.0 Å². The zero-order chi connectivity index (χ0) is 35.0. The van der Waals surface area contributed by atoms with Gasteiger partial charge in [0.2, 0.25) is 11.4 Å². The van der Waals surface area contributed by atoms with Crippen LogP contribution in [0.2, 0.25) is 0 Å². The minimum Gasteiger partial charge on any atom is -0.657 e. The van der Waals surface area contributed by atoms with Gasteiger partial charge in [-0.25, -0.2) is 0 Å². The van der Waals surface area contributed by atoms with Gasteiger partial charge in [-0.3, -0.25) is 0 Å². The molecule has 0 N–H and O–H groups in total. The second-order valence-electron chi connectivity index (χ2n) is 14.7. The van der Waals surface area contributed by atoms with Crippen LogP contribution >= 0.6 is 0 Å². The molecule has 0 fully saturated rings. The molecule has 50 heavy (non-hydrogen) atoms. The van der Waals surface area contributed by atoms with Crippen LogP contribution in [0.1, 0.15) is 101 Å². The second-order valence-corrected chi connectivity index (χ2v) is 14.7. The molecule has 5 heteroatoms. The van der Waals surface area contributed by atoms with Gasteiger partial charge in [0.05, 0.1) is 0 Å². The molecule has 1 aliphatic heterocycles. The zero-order valence-corrected chi connectivity index (χ0v) is 33.4. The number of nitrogens with zero attached hydrogens (tertiary/aromatic N) is 4. The maximum atomic E-state index is 4.60. The fourth-order valence-electron chi connectivity index (χ4n) is 6.97. The normalized spacial score (nSPS) is 12.3. The molecule has 0 bridgehead atoms. The maximum Gasteiger partial charge on any atom is 1.00 e. The van der Waals surface area contributed by atoms with E-state index >= 15 is 0 Å². The monoisotopic (exact) mass is 844 g/mol. The van der Waals surface area contributed by atoms with Crippen LogP contribution in [0.15, 0.2) is 103 Å². The first-order valence-electron chi connectivity index (χ1n) is 17.8. The summed E-state index contributed by atoms with van der Waals surface area (Å²) >= 11 is 0. The van der Waals surface area contributed by atoms with Crippen molar-refractivity contribution in [1.29, 1.82) is 0 Å². The van der Waals surface area contributed by atoms with Crippen molar-refractivity contribution < 1.29 is 22.4 Å². The molecule has 0 spiro atoms. The Labute approximate surface area is 314 Å². The predicted octanol–water partition coefficient (Wildman–Crippen LogP) is 12.1. The number of rotatable bonds is 7. The van der Waals surface area contributed by atoms with Gasteiger partial charge in [-0.15, -0.1) is 11.0 Å². The van der Waals surface area contributed by atoms with E-state index in [4.69, 9.17) is 0 Å². The largest absolute Gasteiger partial charge is 1.00 e. The van der Waals surface area contributed by atoms with E-state index in [-0.39, 0.29) is 22.4 Å². The van der Waals surface area contributed by atoms with Crippen LogP contribution in [0.4, 0.5) is 28.4 Å². The third kappa shape index (κ3) is 7.04. The smallest absolute Gasteiger partial charge is 0.657 e. The van der Waals surface area contributed by atoms with E-state index in [1.807, 2.05) is 6.07 Å². The number of aromatic nitrogens is 1. The first kappa shape index (κ1) is 37.1. The molecular weight excluding hydrogens is 793 g/mol. The third-order valence-corrected chi connectivity index (χ3v) is 9.63. The van der Waals surface area contributed by atoms with Crippen LogP contribution in [-0.4, -0.2) is 20.1 Å². The summed E-state index contributed by atoms with van der Waals surface area (Å²) in [5.41, 5.74) is 13.8. The van der Waals surface area contributed by atoms with Crippen molar-refractivity contribution >= 4 is 56.3 Å². The molecule has 4 nitrogen and oxygen atoms in total. The van der Waals surface area contributed by atoms with Crippen molar-refractivity contribution in [2.24, 2.45) is 0 Å². The minimum atomic E-state index is 0. The summed E-state index contributed by atoms with van der Waals surface area (Å²) in [6.07, 6.45) is 0. The molecule has 0 amide bonds. The van der Waals surface area contributed by atoms with Crippen LogP contribution in [0.3, 0.4) is 0 Å². The van der Waals surface area contributed by atoms with Gasteiger partial charge >= 0.3 is 28.4 Å². The van der Waals surface area contributed by atoms with Crippen LogP contribution in [0.25, 0.3) is 21.8 Å². The van der Waals surface area contributed by atoms with Crippen molar-refractivity contribution in [3.8, 4) is 0 Å². The van der Waals surface area contributed by atoms with E-state index in [0.29, 0.717) is 23.7 Å². The van der Waals surface area contributed by atoms with Gasteiger partial charge in [-0.05, 0) is 55.7 Å². The third-order valence-electron chi connectivity index (χ3n) is 9.63. The van der Waals surface area contributed by atoms with Gasteiger partial charge in [0.15, 0.2) is 0 Å². The second kappa shape index (κ2) is 15.4. The molecule has 1 aromatic heterocycles. The molecule has 0 saturated heterocycles. The van der Waals surface area contributed by atoms with Gasteiger partial charge in [-0.1, -0.05) is 134 Å². The van der Waals surface area contributed by atoms with E-state index in [9.17, 15) is 0 Å². The van der Waals surface area contributed by atoms with Crippen molar-refractivity contribution in [3.63, 3.8) is 0 Å². The summed E-state index contributed by atoms with van der Waals surface area (Å²) in [5, 5.41) is 2.48. The number of para-hydroxylation sites is 5. The Hall–Kier alpha value is -4.18. The molecule has 0 radical (unpaired) electrons. The molecule has 7 rings (SSSR count). The van der Waals surface area contributed by atoms with Crippen molar-refractivity contribution in [2.45, 2.75) is 79.1 Å². The molecule has 0 atom stereocenters. The summed E-state index contributed by atoms with van der Waals surface area (Å²) in [6.45, 7) is 18.3. The molecule has 260 valence electrons. The SMILES string of the molecule is CC(C)c1cccc(C(C)C)c1[N+]1=C=[N+](c2c(C(C)C)cccc2C(C)C)c2ccccc21.CN(C)c1ccc2[n-]c3ccccc3c2c1.[Au+]. The van der Waals surface area contributed by atoms with Crippen molar-refractivity contribution in [3.05, 3.63) is 125 Å². The molecular formula is C45H51AuN4+2. The Kier molecular flexibility index (Phi) is 11.4. The summed E-state index contributed by atoms with van der Waals surface area (Å²) in [6, 6.07) is 40.8. The molecule has 1 aliphatic rings. The number of benzene rings is 5. The molecule has 5 aromatic carbocycles. The fourth-order valence-corrected chi connectivity index (χ4v) is 6.97. The summed E-state index contributed by atoms with van der Waals surface area (Å²) in [7, 11) is 4.11. The van der Waals surface area contributed by atoms with Gasteiger partial charge in [0, 0.05) is 54.2 Å². The van der Waals surface area contributed by atoms with Crippen molar-refractivity contribution in [1.82, 2.24) is 14.1 Å². The fraction of sp³-hybridized carbons (Fsp3) is 0.311. The van der Waals surface area contributed by atoms with Gasteiger partial charge in [0.1, 0.15) is 0 Å². The average molecular weight is 845 g/mol. The Morgan fingerprint density at radius 2 is 0.920 bits per heavy atom. The molecule has 0 unspecified atom stereocenters. The van der Waals surface area contributed by atoms with Crippen LogP contribution in [0.5, 0.6) is 0 Å². The molecule has 0 saturated carbocycles. The van der Waals surface area contributed by atoms with Crippen LogP contribution < -0.4 is 19.0 Å². The minimum absolute atomic E-state index is 0. The van der Waals surface area contributed by atoms with Gasteiger partial charge in [-0.2, -0.15) is 0 Å². The summed E-state index contributed by atoms with van der Waals surface area (Å²) in [4.78, 5) is 6.71. The van der Waals surface area contributed by atoms with Crippen LogP contribution in [-0.2, 0) is 22.4 Å². The van der Waals surface area contributed by atoms with Gasteiger partial charge < -0.3 is 9.88 Å². The quantitative estimate of drug-likeness (QED) is 0.118. The molecule has 6 aromatic rings. The maximum absolute atomic E-state index is 4.60. The molecule has 2 heterocycles. The zero-order valence-electron chi connectivity index (χ0n) is 31.2. The molecule has 0 aliphatic carbocycles. The van der Waals surface area contributed by atoms with Gasteiger partial charge in [0.25, 0.3) is 11.4 Å². The number of hydrogen-bond donors (Lipinski definition) is 0. The summed E-state index contributed by atoms with van der Waals surface area (Å²) in [5.74, 6) is 1.71. The Morgan fingerprint density at radius 3 is 1.36 bits per heavy atom. The number of hydrogen-bond acceptors (Lipinski definition) is 1. The summed E-state index contributed by atoms with van der Waals surface area (Å²) < 4.78 is 4.64. The van der Waals surface area contributed by atoms with E-state index in [2.05, 4.69) is 192 Å². The van der Waals surface area contributed by atoms with E-state index in [1.54, 1.807) is 0 Å². The number of fused-ring (bicyclic) bond motifs is 4. The van der Waals surface area contributed by atoms with Crippen LogP contribution in [0, 0.1) is 0 Å². The topological polar surface area (TPSA) is 23.4 Å².